The number of allylic oxidation sites excluding steroid dienone is 1. The Bertz CT molecular complexity index is 532. The minimum atomic E-state index is 0.322. The average Bonchev–Trinajstić information content (AvgIpc) is 2.69. The van der Waals surface area contributed by atoms with E-state index in [-0.39, 0.29) is 0 Å². The predicted octanol–water partition coefficient (Wildman–Crippen LogP) is 6.51. The van der Waals surface area contributed by atoms with Gasteiger partial charge in [0.25, 0.3) is 0 Å². The van der Waals surface area contributed by atoms with Crippen LogP contribution in [0.4, 0.5) is 0 Å². The predicted molar refractivity (Wildman–Crippen MR) is 109 cm³/mol. The van der Waals surface area contributed by atoms with Gasteiger partial charge in [-0.15, -0.1) is 0 Å². The van der Waals surface area contributed by atoms with Crippen molar-refractivity contribution < 1.29 is 9.47 Å². The third-order valence-corrected chi connectivity index (χ3v) is 6.16. The van der Waals surface area contributed by atoms with Gasteiger partial charge in [0.1, 0.15) is 5.75 Å². The van der Waals surface area contributed by atoms with Crippen molar-refractivity contribution in [2.45, 2.75) is 77.2 Å². The van der Waals surface area contributed by atoms with E-state index in [0.29, 0.717) is 12.0 Å². The van der Waals surface area contributed by atoms with Crippen molar-refractivity contribution in [1.29, 1.82) is 0 Å². The smallest absolute Gasteiger partial charge is 0.119 e. The van der Waals surface area contributed by atoms with Gasteiger partial charge in [-0.05, 0) is 75.0 Å². The molecule has 3 rings (SSSR count). The van der Waals surface area contributed by atoms with E-state index in [1.807, 2.05) is 6.92 Å². The fourth-order valence-electron chi connectivity index (χ4n) is 4.55. The molecule has 1 saturated carbocycles. The maximum Gasteiger partial charge on any atom is 0.119 e. The highest BCUT2D eigenvalue weighted by Crippen LogP contribution is 2.33. The number of rotatable bonds is 7. The molecule has 26 heavy (non-hydrogen) atoms. The SMILES string of the molecule is CCCC1CCC(C=CC2CCC(c3ccc(OCC)cc3)CO2)CC1. The Morgan fingerprint density at radius 1 is 0.962 bits per heavy atom. The van der Waals surface area contributed by atoms with Gasteiger partial charge in [-0.3, -0.25) is 0 Å². The highest BCUT2D eigenvalue weighted by Gasteiger charge is 2.23. The van der Waals surface area contributed by atoms with Gasteiger partial charge in [-0.1, -0.05) is 44.1 Å². The van der Waals surface area contributed by atoms with E-state index in [0.717, 1.165) is 37.2 Å². The van der Waals surface area contributed by atoms with Gasteiger partial charge >= 0.3 is 0 Å². The van der Waals surface area contributed by atoms with E-state index in [2.05, 4.69) is 43.3 Å². The van der Waals surface area contributed by atoms with Crippen molar-refractivity contribution in [3.05, 3.63) is 42.0 Å². The fraction of sp³-hybridized carbons (Fsp3) is 0.667. The second-order valence-electron chi connectivity index (χ2n) is 8.10. The molecule has 144 valence electrons. The molecule has 0 amide bonds. The maximum absolute atomic E-state index is 6.16. The Hall–Kier alpha value is -1.28. The molecular weight excluding hydrogens is 320 g/mol. The third kappa shape index (κ3) is 5.61. The van der Waals surface area contributed by atoms with Gasteiger partial charge in [0, 0.05) is 5.92 Å². The quantitative estimate of drug-likeness (QED) is 0.518. The first-order valence-corrected chi connectivity index (χ1v) is 10.8. The molecule has 2 atom stereocenters. The van der Waals surface area contributed by atoms with E-state index in [4.69, 9.17) is 9.47 Å². The lowest BCUT2D eigenvalue weighted by Gasteiger charge is -2.29. The van der Waals surface area contributed by atoms with Gasteiger partial charge in [0.05, 0.1) is 19.3 Å². The first-order valence-electron chi connectivity index (χ1n) is 10.8. The first kappa shape index (κ1) is 19.5. The van der Waals surface area contributed by atoms with Crippen LogP contribution < -0.4 is 4.74 Å². The lowest BCUT2D eigenvalue weighted by molar-refractivity contribution is 0.0323. The molecule has 2 unspecified atom stereocenters. The minimum absolute atomic E-state index is 0.322. The van der Waals surface area contributed by atoms with Crippen molar-refractivity contribution in [2.75, 3.05) is 13.2 Å². The number of hydrogen-bond donors (Lipinski definition) is 0. The minimum Gasteiger partial charge on any atom is -0.494 e. The summed E-state index contributed by atoms with van der Waals surface area (Å²) in [4.78, 5) is 0. The van der Waals surface area contributed by atoms with Crippen LogP contribution in [0.1, 0.15) is 76.7 Å². The Morgan fingerprint density at radius 2 is 1.73 bits per heavy atom. The molecule has 2 nitrogen and oxygen atoms in total. The summed E-state index contributed by atoms with van der Waals surface area (Å²) in [5, 5.41) is 0. The molecule has 1 heterocycles. The summed E-state index contributed by atoms with van der Waals surface area (Å²) in [6.07, 6.45) is 15.9. The second-order valence-corrected chi connectivity index (χ2v) is 8.10. The summed E-state index contributed by atoms with van der Waals surface area (Å²) in [7, 11) is 0. The summed E-state index contributed by atoms with van der Waals surface area (Å²) < 4.78 is 11.7. The molecule has 0 N–H and O–H groups in total. The van der Waals surface area contributed by atoms with Crippen LogP contribution in [0.3, 0.4) is 0 Å². The largest absolute Gasteiger partial charge is 0.494 e. The maximum atomic E-state index is 6.16. The molecule has 1 aliphatic carbocycles. The van der Waals surface area contributed by atoms with Crippen LogP contribution in [0, 0.1) is 11.8 Å². The van der Waals surface area contributed by atoms with Crippen molar-refractivity contribution >= 4 is 0 Å². The van der Waals surface area contributed by atoms with Gasteiger partial charge < -0.3 is 9.47 Å². The van der Waals surface area contributed by atoms with Crippen LogP contribution in [0.5, 0.6) is 5.75 Å². The summed E-state index contributed by atoms with van der Waals surface area (Å²) in [5.74, 6) is 3.27. The molecule has 1 aromatic carbocycles. The van der Waals surface area contributed by atoms with Crippen molar-refractivity contribution in [3.8, 4) is 5.75 Å². The summed E-state index contributed by atoms with van der Waals surface area (Å²) in [5.41, 5.74) is 1.38. The molecule has 0 aromatic heterocycles. The topological polar surface area (TPSA) is 18.5 Å². The van der Waals surface area contributed by atoms with Crippen LogP contribution in [0.2, 0.25) is 0 Å². The summed E-state index contributed by atoms with van der Waals surface area (Å²) >= 11 is 0. The van der Waals surface area contributed by atoms with E-state index in [9.17, 15) is 0 Å². The molecule has 1 aromatic rings. The molecule has 0 bridgehead atoms. The van der Waals surface area contributed by atoms with Crippen LogP contribution in [-0.2, 0) is 4.74 Å². The average molecular weight is 357 g/mol. The van der Waals surface area contributed by atoms with Gasteiger partial charge in [-0.25, -0.2) is 0 Å². The molecule has 1 aliphatic heterocycles. The summed E-state index contributed by atoms with van der Waals surface area (Å²) in [6.45, 7) is 5.90. The van der Waals surface area contributed by atoms with Crippen LogP contribution >= 0.6 is 0 Å². The molecule has 2 heteroatoms. The Labute approximate surface area is 160 Å². The molecule has 2 aliphatic rings. The highest BCUT2D eigenvalue weighted by molar-refractivity contribution is 5.29. The first-order chi connectivity index (χ1) is 12.8. The lowest BCUT2D eigenvalue weighted by Crippen LogP contribution is -2.23. The molecule has 0 radical (unpaired) electrons. The number of benzene rings is 1. The normalized spacial score (nSPS) is 29.8. The lowest BCUT2D eigenvalue weighted by atomic mass is 9.80. The molecule has 0 spiro atoms. The molecular formula is C24H36O2. The molecule has 1 saturated heterocycles. The Kier molecular flexibility index (Phi) is 7.61. The van der Waals surface area contributed by atoms with Crippen LogP contribution in [0.15, 0.2) is 36.4 Å². The van der Waals surface area contributed by atoms with Gasteiger partial charge in [0.2, 0.25) is 0 Å². The van der Waals surface area contributed by atoms with E-state index in [1.54, 1.807) is 0 Å². The van der Waals surface area contributed by atoms with E-state index < -0.39 is 0 Å². The number of ether oxygens (including phenoxy) is 2. The summed E-state index contributed by atoms with van der Waals surface area (Å²) in [6, 6.07) is 8.56. The second kappa shape index (κ2) is 10.2. The zero-order chi connectivity index (χ0) is 18.2. The van der Waals surface area contributed by atoms with E-state index in [1.165, 1.54) is 50.5 Å². The number of hydrogen-bond acceptors (Lipinski definition) is 2. The Balaban J connectivity index is 1.41. The molecule has 2 fully saturated rings. The zero-order valence-electron chi connectivity index (χ0n) is 16.7. The van der Waals surface area contributed by atoms with Crippen LogP contribution in [0.25, 0.3) is 0 Å². The van der Waals surface area contributed by atoms with E-state index >= 15 is 0 Å². The third-order valence-electron chi connectivity index (χ3n) is 6.16. The highest BCUT2D eigenvalue weighted by atomic mass is 16.5. The van der Waals surface area contributed by atoms with Gasteiger partial charge in [-0.2, -0.15) is 0 Å². The standard InChI is InChI=1S/C24H36O2/c1-3-5-19-6-8-20(9-7-19)10-14-24-17-13-22(18-26-24)21-11-15-23(16-12-21)25-4-2/h10-12,14-16,19-20,22,24H,3-9,13,17-18H2,1-2H3. The fourth-order valence-corrected chi connectivity index (χ4v) is 4.55. The van der Waals surface area contributed by atoms with Crippen molar-refractivity contribution in [1.82, 2.24) is 0 Å². The van der Waals surface area contributed by atoms with Crippen LogP contribution in [-0.4, -0.2) is 19.3 Å². The van der Waals surface area contributed by atoms with Crippen molar-refractivity contribution in [2.24, 2.45) is 11.8 Å². The van der Waals surface area contributed by atoms with Crippen molar-refractivity contribution in [3.63, 3.8) is 0 Å². The monoisotopic (exact) mass is 356 g/mol. The Morgan fingerprint density at radius 3 is 2.35 bits per heavy atom. The zero-order valence-corrected chi connectivity index (χ0v) is 16.7. The van der Waals surface area contributed by atoms with Gasteiger partial charge in [0.15, 0.2) is 0 Å².